The fraction of sp³-hybridized carbons (Fsp3) is 0.297. The van der Waals surface area contributed by atoms with E-state index in [1.54, 1.807) is 26.9 Å². The van der Waals surface area contributed by atoms with Crippen molar-refractivity contribution in [3.63, 3.8) is 0 Å². The molecule has 2 aliphatic heterocycles. The third kappa shape index (κ3) is 7.08. The number of halogens is 1. The van der Waals surface area contributed by atoms with Crippen LogP contribution >= 0.6 is 11.6 Å². The molecule has 48 heavy (non-hydrogen) atoms. The summed E-state index contributed by atoms with van der Waals surface area (Å²) in [5, 5.41) is 0.711. The highest BCUT2D eigenvalue weighted by Gasteiger charge is 2.33. The lowest BCUT2D eigenvalue weighted by atomic mass is 9.98. The number of amides is 2. The first-order valence-electron chi connectivity index (χ1n) is 16.0. The molecular weight excluding hydrogens is 628 g/mol. The predicted molar refractivity (Wildman–Crippen MR) is 187 cm³/mol. The molecule has 0 aliphatic carbocycles. The Morgan fingerprint density at radius 3 is 1.81 bits per heavy atom. The van der Waals surface area contributed by atoms with Crippen LogP contribution in [-0.4, -0.2) is 58.2 Å². The first kappa shape index (κ1) is 32.8. The van der Waals surface area contributed by atoms with E-state index in [-0.39, 0.29) is 17.7 Å². The standard InChI is InChI=1S/C22H22ClN3O2.C15H17N3O2/c1-15-13-25(14-24-15)20-8-7-19(12-21(20)28-2)26-10-9-17(22(26)27)11-16-3-5-18(23)6-4-16;1-11-9-17(10-16-11)13-6-5-12(8-14(13)20-2)18-7-3-4-15(18)19/h3-8,12-14,17H,9-11H2,1-2H3;5-6,8-10H,3-4,7H2,1-2H3. The van der Waals surface area contributed by atoms with E-state index in [1.807, 2.05) is 106 Å². The lowest BCUT2D eigenvalue weighted by Crippen LogP contribution is -2.27. The molecule has 1 atom stereocenters. The van der Waals surface area contributed by atoms with Crippen LogP contribution in [0.2, 0.25) is 5.02 Å². The Morgan fingerprint density at radius 1 is 0.771 bits per heavy atom. The first-order valence-corrected chi connectivity index (χ1v) is 16.4. The summed E-state index contributed by atoms with van der Waals surface area (Å²) in [7, 11) is 3.28. The number of benzene rings is 3. The van der Waals surface area contributed by atoms with Crippen LogP contribution in [0.1, 0.15) is 36.2 Å². The molecular formula is C37H39ClN6O4. The second kappa shape index (κ2) is 14.4. The average molecular weight is 667 g/mol. The Kier molecular flexibility index (Phi) is 9.82. The molecule has 2 aromatic heterocycles. The largest absolute Gasteiger partial charge is 0.494 e. The monoisotopic (exact) mass is 666 g/mol. The maximum absolute atomic E-state index is 13.0. The van der Waals surface area contributed by atoms with E-state index in [2.05, 4.69) is 9.97 Å². The summed E-state index contributed by atoms with van der Waals surface area (Å²) < 4.78 is 14.9. The van der Waals surface area contributed by atoms with Gasteiger partial charge in [-0.25, -0.2) is 9.97 Å². The van der Waals surface area contributed by atoms with E-state index in [0.29, 0.717) is 23.7 Å². The molecule has 7 rings (SSSR count). The molecule has 3 aromatic carbocycles. The minimum Gasteiger partial charge on any atom is -0.494 e. The Morgan fingerprint density at radius 2 is 1.33 bits per heavy atom. The Balaban J connectivity index is 0.000000177. The van der Waals surface area contributed by atoms with E-state index >= 15 is 0 Å². The third-order valence-corrected chi connectivity index (χ3v) is 8.97. The van der Waals surface area contributed by atoms with Crippen molar-refractivity contribution in [2.45, 2.75) is 39.5 Å². The van der Waals surface area contributed by atoms with Crippen molar-refractivity contribution >= 4 is 34.8 Å². The van der Waals surface area contributed by atoms with Gasteiger partial charge in [0.25, 0.3) is 0 Å². The molecule has 1 unspecified atom stereocenters. The van der Waals surface area contributed by atoms with Crippen molar-refractivity contribution in [1.82, 2.24) is 19.1 Å². The minimum atomic E-state index is -0.0110. The van der Waals surface area contributed by atoms with Crippen LogP contribution in [0.15, 0.2) is 85.7 Å². The van der Waals surface area contributed by atoms with Crippen molar-refractivity contribution in [1.29, 1.82) is 0 Å². The van der Waals surface area contributed by atoms with Crippen molar-refractivity contribution in [3.05, 3.63) is 108 Å². The number of hydrogen-bond donors (Lipinski definition) is 0. The lowest BCUT2D eigenvalue weighted by molar-refractivity contribution is -0.120. The molecule has 5 aromatic rings. The number of ether oxygens (including phenoxy) is 2. The van der Waals surface area contributed by atoms with E-state index in [0.717, 1.165) is 71.3 Å². The molecule has 0 spiro atoms. The maximum atomic E-state index is 13.0. The maximum Gasteiger partial charge on any atom is 0.230 e. The summed E-state index contributed by atoms with van der Waals surface area (Å²) in [5.74, 6) is 1.77. The zero-order valence-corrected chi connectivity index (χ0v) is 28.4. The predicted octanol–water partition coefficient (Wildman–Crippen LogP) is 6.75. The van der Waals surface area contributed by atoms with Gasteiger partial charge in [0.05, 0.1) is 49.6 Å². The van der Waals surface area contributed by atoms with Gasteiger partial charge in [-0.3, -0.25) is 9.59 Å². The van der Waals surface area contributed by atoms with Gasteiger partial charge in [-0.05, 0) is 75.1 Å². The summed E-state index contributed by atoms with van der Waals surface area (Å²) in [6, 6.07) is 19.4. The Hall–Kier alpha value is -5.09. The van der Waals surface area contributed by atoms with Gasteiger partial charge < -0.3 is 28.4 Å². The fourth-order valence-electron chi connectivity index (χ4n) is 6.21. The highest BCUT2D eigenvalue weighted by Crippen LogP contribution is 2.34. The van der Waals surface area contributed by atoms with Crippen LogP contribution < -0.4 is 19.3 Å². The van der Waals surface area contributed by atoms with E-state index in [1.165, 1.54) is 0 Å². The van der Waals surface area contributed by atoms with Crippen molar-refractivity contribution in [3.8, 4) is 22.9 Å². The van der Waals surface area contributed by atoms with Crippen LogP contribution in [0.5, 0.6) is 11.5 Å². The normalized spacial score (nSPS) is 15.9. The molecule has 2 aliphatic rings. The zero-order chi connectivity index (χ0) is 33.8. The number of hydrogen-bond acceptors (Lipinski definition) is 6. The summed E-state index contributed by atoms with van der Waals surface area (Å²) in [5.41, 5.74) is 6.59. The fourth-order valence-corrected chi connectivity index (χ4v) is 6.34. The van der Waals surface area contributed by atoms with Gasteiger partial charge in [0, 0.05) is 66.4 Å². The molecule has 2 saturated heterocycles. The second-order valence-electron chi connectivity index (χ2n) is 12.0. The average Bonchev–Trinajstić information content (AvgIpc) is 3.91. The number of rotatable bonds is 8. The third-order valence-electron chi connectivity index (χ3n) is 8.71. The first-order chi connectivity index (χ1) is 23.2. The van der Waals surface area contributed by atoms with Gasteiger partial charge in [0.15, 0.2) is 0 Å². The lowest BCUT2D eigenvalue weighted by Gasteiger charge is -2.19. The molecule has 10 nitrogen and oxygen atoms in total. The van der Waals surface area contributed by atoms with Gasteiger partial charge in [-0.2, -0.15) is 0 Å². The van der Waals surface area contributed by atoms with Crippen LogP contribution in [0.25, 0.3) is 11.4 Å². The quantitative estimate of drug-likeness (QED) is 0.182. The summed E-state index contributed by atoms with van der Waals surface area (Å²) in [6.45, 7) is 5.39. The molecule has 0 radical (unpaired) electrons. The van der Waals surface area contributed by atoms with E-state index in [4.69, 9.17) is 21.1 Å². The van der Waals surface area contributed by atoms with E-state index < -0.39 is 0 Å². The van der Waals surface area contributed by atoms with Crippen LogP contribution in [0, 0.1) is 19.8 Å². The van der Waals surface area contributed by atoms with Crippen molar-refractivity contribution in [2.75, 3.05) is 37.1 Å². The highest BCUT2D eigenvalue weighted by molar-refractivity contribution is 6.30. The summed E-state index contributed by atoms with van der Waals surface area (Å²) in [4.78, 5) is 36.9. The molecule has 2 fully saturated rings. The number of aryl methyl sites for hydroxylation is 2. The number of carbonyl (C=O) groups is 2. The molecule has 11 heteroatoms. The highest BCUT2D eigenvalue weighted by atomic mass is 35.5. The Bertz CT molecular complexity index is 1920. The number of methoxy groups -OCH3 is 2. The smallest absolute Gasteiger partial charge is 0.230 e. The summed E-state index contributed by atoms with van der Waals surface area (Å²) >= 11 is 5.95. The van der Waals surface area contributed by atoms with Crippen LogP contribution in [0.4, 0.5) is 11.4 Å². The number of imidazole rings is 2. The van der Waals surface area contributed by atoms with Crippen LogP contribution in [0.3, 0.4) is 0 Å². The topological polar surface area (TPSA) is 94.7 Å². The second-order valence-corrected chi connectivity index (χ2v) is 12.4. The number of aromatic nitrogens is 4. The minimum absolute atomic E-state index is 0.0110. The van der Waals surface area contributed by atoms with Gasteiger partial charge in [0.1, 0.15) is 11.5 Å². The van der Waals surface area contributed by atoms with Crippen molar-refractivity contribution in [2.24, 2.45) is 5.92 Å². The molecule has 0 N–H and O–H groups in total. The molecule has 0 bridgehead atoms. The van der Waals surface area contributed by atoms with E-state index in [9.17, 15) is 9.59 Å². The zero-order valence-electron chi connectivity index (χ0n) is 27.6. The number of nitrogens with zero attached hydrogens (tertiary/aromatic N) is 6. The summed E-state index contributed by atoms with van der Waals surface area (Å²) in [6.07, 6.45) is 10.5. The molecule has 2 amide bonds. The van der Waals surface area contributed by atoms with Crippen molar-refractivity contribution < 1.29 is 19.1 Å². The Labute approximate surface area is 285 Å². The van der Waals surface area contributed by atoms with Gasteiger partial charge in [0.2, 0.25) is 11.8 Å². The molecule has 248 valence electrons. The van der Waals surface area contributed by atoms with Gasteiger partial charge in [-0.1, -0.05) is 23.7 Å². The number of anilines is 2. The van der Waals surface area contributed by atoms with Crippen LogP contribution in [-0.2, 0) is 16.0 Å². The number of carbonyl (C=O) groups excluding carboxylic acids is 2. The molecule has 0 saturated carbocycles. The van der Waals surface area contributed by atoms with Gasteiger partial charge >= 0.3 is 0 Å². The molecule has 4 heterocycles. The van der Waals surface area contributed by atoms with Gasteiger partial charge in [-0.15, -0.1) is 0 Å². The SMILES string of the molecule is COc1cc(N2CCC(Cc3ccc(Cl)cc3)C2=O)ccc1-n1cnc(C)c1.COc1cc(N2CCCC2=O)ccc1-n1cnc(C)c1.